The van der Waals surface area contributed by atoms with Crippen molar-refractivity contribution in [2.45, 2.75) is 83.2 Å². The first-order chi connectivity index (χ1) is 11.6. The van der Waals surface area contributed by atoms with Gasteiger partial charge in [0.15, 0.2) is 0 Å². The van der Waals surface area contributed by atoms with Crippen molar-refractivity contribution in [1.29, 1.82) is 0 Å². The van der Waals surface area contributed by atoms with E-state index in [0.717, 1.165) is 37.5 Å². The average Bonchev–Trinajstić information content (AvgIpc) is 2.84. The molecule has 3 aliphatic carbocycles. The molecule has 4 heteroatoms. The Morgan fingerprint density at radius 2 is 1.92 bits per heavy atom. The van der Waals surface area contributed by atoms with E-state index in [1.807, 2.05) is 6.21 Å². The number of aliphatic hydroxyl groups is 1. The molecule has 4 nitrogen and oxygen atoms in total. The highest BCUT2D eigenvalue weighted by atomic mass is 16.6. The van der Waals surface area contributed by atoms with Crippen molar-refractivity contribution in [2.24, 2.45) is 34.1 Å². The van der Waals surface area contributed by atoms with Crippen LogP contribution in [0.15, 0.2) is 5.16 Å². The van der Waals surface area contributed by atoms with E-state index in [2.05, 4.69) is 12.1 Å². The molecular formula is C20H36N2O2. The minimum absolute atomic E-state index is 0.0361. The van der Waals surface area contributed by atoms with Crippen LogP contribution in [0.1, 0.15) is 77.6 Å². The highest BCUT2D eigenvalue weighted by molar-refractivity contribution is 5.62. The lowest BCUT2D eigenvalue weighted by molar-refractivity contribution is -0.109. The van der Waals surface area contributed by atoms with Gasteiger partial charge in [0, 0.05) is 24.1 Å². The Labute approximate surface area is 147 Å². The number of nitrogens with zero attached hydrogens (tertiary/aromatic N) is 1. The van der Waals surface area contributed by atoms with Crippen LogP contribution in [0.2, 0.25) is 0 Å². The fourth-order valence-corrected chi connectivity index (χ4v) is 5.74. The van der Waals surface area contributed by atoms with Gasteiger partial charge in [0.05, 0.1) is 5.60 Å². The summed E-state index contributed by atoms with van der Waals surface area (Å²) in [7, 11) is 0. The van der Waals surface area contributed by atoms with Crippen molar-refractivity contribution in [2.75, 3.05) is 13.2 Å². The summed E-state index contributed by atoms with van der Waals surface area (Å²) in [5.74, 6) is 1.96. The second-order valence-electron chi connectivity index (χ2n) is 8.82. The first kappa shape index (κ1) is 18.2. The Morgan fingerprint density at radius 3 is 2.67 bits per heavy atom. The van der Waals surface area contributed by atoms with Gasteiger partial charge in [-0.25, -0.2) is 0 Å². The van der Waals surface area contributed by atoms with Crippen molar-refractivity contribution >= 4 is 6.21 Å². The molecule has 138 valence electrons. The first-order valence-corrected chi connectivity index (χ1v) is 10.2. The van der Waals surface area contributed by atoms with Gasteiger partial charge < -0.3 is 15.7 Å². The SMILES string of the molecule is C[C@]12CC[C@H](CC3CCCCC3)C[C@@]1(O)CC[C@@H]2/C=N/OCCN. The molecule has 4 atom stereocenters. The first-order valence-electron chi connectivity index (χ1n) is 10.2. The van der Waals surface area contributed by atoms with Crippen LogP contribution in [0.5, 0.6) is 0 Å². The Hall–Kier alpha value is -0.610. The standard InChI is InChI=1S/C20H36N2O2/c1-19-9-7-17(13-16-5-3-2-4-6-16)14-20(19,23)10-8-18(19)15-22-24-12-11-21/h15-18,23H,2-14,21H2,1H3/b22-15+/t17-,18-,19-,20+/m1/s1. The lowest BCUT2D eigenvalue weighted by atomic mass is 9.59. The van der Waals surface area contributed by atoms with Crippen LogP contribution < -0.4 is 5.73 Å². The van der Waals surface area contributed by atoms with Gasteiger partial charge >= 0.3 is 0 Å². The Kier molecular flexibility index (Phi) is 5.86. The maximum Gasteiger partial charge on any atom is 0.129 e. The predicted octanol–water partition coefficient (Wildman–Crippen LogP) is 3.87. The van der Waals surface area contributed by atoms with Crippen LogP contribution in [-0.2, 0) is 4.84 Å². The zero-order valence-corrected chi connectivity index (χ0v) is 15.4. The molecule has 0 spiro atoms. The number of oxime groups is 1. The predicted molar refractivity (Wildman–Crippen MR) is 97.8 cm³/mol. The van der Waals surface area contributed by atoms with Crippen LogP contribution in [0.25, 0.3) is 0 Å². The molecule has 0 aromatic heterocycles. The van der Waals surface area contributed by atoms with Gasteiger partial charge in [0.1, 0.15) is 6.61 Å². The van der Waals surface area contributed by atoms with E-state index in [-0.39, 0.29) is 5.41 Å². The third kappa shape index (κ3) is 3.65. The second kappa shape index (κ2) is 7.74. The highest BCUT2D eigenvalue weighted by Crippen LogP contribution is 2.59. The van der Waals surface area contributed by atoms with Gasteiger partial charge in [-0.2, -0.15) is 0 Å². The zero-order valence-electron chi connectivity index (χ0n) is 15.4. The van der Waals surface area contributed by atoms with Crippen molar-refractivity contribution in [3.63, 3.8) is 0 Å². The summed E-state index contributed by atoms with van der Waals surface area (Å²) in [6, 6.07) is 0. The van der Waals surface area contributed by atoms with E-state index >= 15 is 0 Å². The summed E-state index contributed by atoms with van der Waals surface area (Å²) >= 11 is 0. The van der Waals surface area contributed by atoms with Gasteiger partial charge in [-0.15, -0.1) is 0 Å². The Balaban J connectivity index is 1.58. The molecule has 0 aliphatic heterocycles. The van der Waals surface area contributed by atoms with Crippen LogP contribution in [0.4, 0.5) is 0 Å². The van der Waals surface area contributed by atoms with E-state index < -0.39 is 5.60 Å². The number of fused-ring (bicyclic) bond motifs is 1. The van der Waals surface area contributed by atoms with E-state index in [4.69, 9.17) is 10.6 Å². The molecule has 0 aromatic carbocycles. The fourth-order valence-electron chi connectivity index (χ4n) is 5.74. The third-order valence-electron chi connectivity index (χ3n) is 7.36. The van der Waals surface area contributed by atoms with Gasteiger partial charge in [-0.1, -0.05) is 44.2 Å². The van der Waals surface area contributed by atoms with Crippen LogP contribution >= 0.6 is 0 Å². The molecule has 0 radical (unpaired) electrons. The lowest BCUT2D eigenvalue weighted by Gasteiger charge is -2.49. The highest BCUT2D eigenvalue weighted by Gasteiger charge is 2.58. The molecular weight excluding hydrogens is 300 g/mol. The molecule has 0 aromatic rings. The quantitative estimate of drug-likeness (QED) is 0.439. The largest absolute Gasteiger partial charge is 0.395 e. The van der Waals surface area contributed by atoms with E-state index in [1.54, 1.807) is 0 Å². The van der Waals surface area contributed by atoms with E-state index in [9.17, 15) is 5.11 Å². The van der Waals surface area contributed by atoms with Crippen LogP contribution in [0.3, 0.4) is 0 Å². The summed E-state index contributed by atoms with van der Waals surface area (Å²) in [5.41, 5.74) is 4.89. The molecule has 24 heavy (non-hydrogen) atoms. The topological polar surface area (TPSA) is 67.8 Å². The summed E-state index contributed by atoms with van der Waals surface area (Å²) in [4.78, 5) is 5.19. The zero-order chi connectivity index (χ0) is 17.0. The Morgan fingerprint density at radius 1 is 1.12 bits per heavy atom. The molecule has 3 N–H and O–H groups in total. The van der Waals surface area contributed by atoms with Gasteiger partial charge in [0.25, 0.3) is 0 Å². The van der Waals surface area contributed by atoms with Gasteiger partial charge in [0.2, 0.25) is 0 Å². The number of rotatable bonds is 6. The van der Waals surface area contributed by atoms with Crippen molar-refractivity contribution in [1.82, 2.24) is 0 Å². The minimum atomic E-state index is -0.505. The molecule has 3 fully saturated rings. The molecule has 0 bridgehead atoms. The van der Waals surface area contributed by atoms with Crippen molar-refractivity contribution in [3.8, 4) is 0 Å². The normalized spacial score (nSPS) is 40.8. The summed E-state index contributed by atoms with van der Waals surface area (Å²) < 4.78 is 0. The van der Waals surface area contributed by atoms with E-state index in [1.165, 1.54) is 44.9 Å². The van der Waals surface area contributed by atoms with Crippen molar-refractivity contribution < 1.29 is 9.94 Å². The molecule has 3 saturated carbocycles. The third-order valence-corrected chi connectivity index (χ3v) is 7.36. The fraction of sp³-hybridized carbons (Fsp3) is 0.950. The second-order valence-corrected chi connectivity index (χ2v) is 8.82. The minimum Gasteiger partial charge on any atom is -0.395 e. The molecule has 0 heterocycles. The smallest absolute Gasteiger partial charge is 0.129 e. The van der Waals surface area contributed by atoms with Crippen LogP contribution in [0, 0.1) is 23.2 Å². The molecule has 3 aliphatic rings. The van der Waals surface area contributed by atoms with Gasteiger partial charge in [-0.3, -0.25) is 0 Å². The van der Waals surface area contributed by atoms with Crippen molar-refractivity contribution in [3.05, 3.63) is 0 Å². The summed E-state index contributed by atoms with van der Waals surface area (Å²) in [5, 5.41) is 15.5. The molecule has 3 rings (SSSR count). The monoisotopic (exact) mass is 336 g/mol. The summed E-state index contributed by atoms with van der Waals surface area (Å²) in [6.07, 6.45) is 15.7. The van der Waals surface area contributed by atoms with Gasteiger partial charge in [-0.05, 0) is 50.4 Å². The Bertz CT molecular complexity index is 435. The summed E-state index contributed by atoms with van der Waals surface area (Å²) in [6.45, 7) is 3.23. The average molecular weight is 337 g/mol. The van der Waals surface area contributed by atoms with Crippen LogP contribution in [-0.4, -0.2) is 30.1 Å². The number of hydrogen-bond acceptors (Lipinski definition) is 4. The molecule has 0 saturated heterocycles. The van der Waals surface area contributed by atoms with E-state index in [0.29, 0.717) is 19.1 Å². The maximum atomic E-state index is 11.4. The number of hydrogen-bond donors (Lipinski definition) is 2. The molecule has 0 unspecified atom stereocenters. The molecule has 0 amide bonds. The number of nitrogens with two attached hydrogens (primary N) is 1. The lowest BCUT2D eigenvalue weighted by Crippen LogP contribution is -2.50. The maximum absolute atomic E-state index is 11.4.